The maximum atomic E-state index is 13.0. The number of nitrogens with zero attached hydrogens (tertiary/aromatic N) is 2. The van der Waals surface area contributed by atoms with Gasteiger partial charge >= 0.3 is 10.2 Å². The summed E-state index contributed by atoms with van der Waals surface area (Å²) < 4.78 is 36.8. The Labute approximate surface area is 193 Å². The van der Waals surface area contributed by atoms with Gasteiger partial charge in [0, 0.05) is 24.1 Å². The van der Waals surface area contributed by atoms with Crippen molar-refractivity contribution in [3.8, 4) is 5.75 Å². The second kappa shape index (κ2) is 10.8. The van der Waals surface area contributed by atoms with Crippen LogP contribution in [0.1, 0.15) is 12.0 Å². The van der Waals surface area contributed by atoms with Crippen LogP contribution in [0.2, 0.25) is 0 Å². The van der Waals surface area contributed by atoms with Gasteiger partial charge in [0.05, 0.1) is 11.4 Å². The van der Waals surface area contributed by atoms with E-state index in [1.807, 2.05) is 37.4 Å². The number of hydrogen-bond donors (Lipinski definition) is 1. The summed E-state index contributed by atoms with van der Waals surface area (Å²) in [5.41, 5.74) is 2.20. The van der Waals surface area contributed by atoms with E-state index in [4.69, 9.17) is 4.74 Å². The van der Waals surface area contributed by atoms with E-state index in [1.54, 1.807) is 24.3 Å². The Morgan fingerprint density at radius 3 is 2.71 bits per heavy atom. The standard InChI is InChI=1S/C23H28BrN3O3S/c1-3-14-26(2)15-4-5-17-30-22-12-13-23-19(18-22)7-6-16-27(23)31(28,29)25-21-10-8-20(24)9-11-21/h3-5,8-13,18,25H,1,6-7,14-17H2,2H3/b5-4+. The Morgan fingerprint density at radius 1 is 1.19 bits per heavy atom. The van der Waals surface area contributed by atoms with Gasteiger partial charge in [-0.2, -0.15) is 8.42 Å². The van der Waals surface area contributed by atoms with Crippen molar-refractivity contribution in [1.82, 2.24) is 4.90 Å². The summed E-state index contributed by atoms with van der Waals surface area (Å²) in [6.45, 7) is 6.31. The summed E-state index contributed by atoms with van der Waals surface area (Å²) in [4.78, 5) is 2.14. The molecule has 166 valence electrons. The van der Waals surface area contributed by atoms with E-state index in [0.717, 1.165) is 41.7 Å². The highest BCUT2D eigenvalue weighted by Gasteiger charge is 2.27. The van der Waals surface area contributed by atoms with Gasteiger partial charge < -0.3 is 4.74 Å². The SMILES string of the molecule is C=CCN(C)C/C=C/COc1ccc2c(c1)CCCN2S(=O)(=O)Nc1ccc(Br)cc1. The normalized spacial score (nSPS) is 14.0. The lowest BCUT2D eigenvalue weighted by Crippen LogP contribution is -2.39. The molecular formula is C23H28BrN3O3S. The number of anilines is 2. The number of ether oxygens (including phenoxy) is 1. The van der Waals surface area contributed by atoms with E-state index in [2.05, 4.69) is 38.2 Å². The smallest absolute Gasteiger partial charge is 0.323 e. The zero-order chi connectivity index (χ0) is 22.3. The van der Waals surface area contributed by atoms with E-state index in [-0.39, 0.29) is 0 Å². The second-order valence-corrected chi connectivity index (χ2v) is 9.88. The number of nitrogens with one attached hydrogen (secondary N) is 1. The van der Waals surface area contributed by atoms with Gasteiger partial charge in [-0.3, -0.25) is 13.9 Å². The topological polar surface area (TPSA) is 61.9 Å². The van der Waals surface area contributed by atoms with Crippen molar-refractivity contribution in [2.75, 3.05) is 42.3 Å². The predicted molar refractivity (Wildman–Crippen MR) is 131 cm³/mol. The van der Waals surface area contributed by atoms with Crippen LogP contribution in [-0.2, 0) is 16.6 Å². The minimum Gasteiger partial charge on any atom is -0.490 e. The molecule has 8 heteroatoms. The first kappa shape index (κ1) is 23.4. The van der Waals surface area contributed by atoms with Gasteiger partial charge in [0.2, 0.25) is 0 Å². The molecule has 2 aromatic rings. The van der Waals surface area contributed by atoms with Gasteiger partial charge in [-0.1, -0.05) is 34.2 Å². The van der Waals surface area contributed by atoms with Crippen molar-refractivity contribution in [2.45, 2.75) is 12.8 Å². The minimum atomic E-state index is -3.71. The van der Waals surface area contributed by atoms with E-state index < -0.39 is 10.2 Å². The second-order valence-electron chi connectivity index (χ2n) is 7.37. The fourth-order valence-electron chi connectivity index (χ4n) is 3.36. The molecule has 1 aliphatic rings. The number of likely N-dealkylation sites (N-methyl/N-ethyl adjacent to an activating group) is 1. The monoisotopic (exact) mass is 505 g/mol. The van der Waals surface area contributed by atoms with Crippen molar-refractivity contribution >= 4 is 37.5 Å². The van der Waals surface area contributed by atoms with E-state index >= 15 is 0 Å². The average Bonchev–Trinajstić information content (AvgIpc) is 2.74. The molecular weight excluding hydrogens is 478 g/mol. The fraction of sp³-hybridized carbons (Fsp3) is 0.304. The van der Waals surface area contributed by atoms with Crippen LogP contribution < -0.4 is 13.8 Å². The highest BCUT2D eigenvalue weighted by molar-refractivity contribution is 9.10. The zero-order valence-electron chi connectivity index (χ0n) is 17.6. The van der Waals surface area contributed by atoms with Crippen LogP contribution in [0.3, 0.4) is 0 Å². The fourth-order valence-corrected chi connectivity index (χ4v) is 4.98. The Morgan fingerprint density at radius 2 is 1.97 bits per heavy atom. The highest BCUT2D eigenvalue weighted by Crippen LogP contribution is 2.33. The summed E-state index contributed by atoms with van der Waals surface area (Å²) in [5, 5.41) is 0. The zero-order valence-corrected chi connectivity index (χ0v) is 20.0. The quantitative estimate of drug-likeness (QED) is 0.478. The Balaban J connectivity index is 1.65. The molecule has 0 saturated heterocycles. The molecule has 6 nitrogen and oxygen atoms in total. The summed E-state index contributed by atoms with van der Waals surface area (Å²) in [6.07, 6.45) is 7.49. The van der Waals surface area contributed by atoms with Crippen LogP contribution in [0.5, 0.6) is 5.75 Å². The molecule has 0 fully saturated rings. The first-order chi connectivity index (χ1) is 14.9. The molecule has 0 amide bonds. The third-order valence-electron chi connectivity index (χ3n) is 4.88. The maximum absolute atomic E-state index is 13.0. The van der Waals surface area contributed by atoms with Crippen molar-refractivity contribution in [1.29, 1.82) is 0 Å². The minimum absolute atomic E-state index is 0.444. The maximum Gasteiger partial charge on any atom is 0.323 e. The number of benzene rings is 2. The summed E-state index contributed by atoms with van der Waals surface area (Å²) >= 11 is 3.36. The third-order valence-corrected chi connectivity index (χ3v) is 6.86. The van der Waals surface area contributed by atoms with E-state index in [9.17, 15) is 8.42 Å². The van der Waals surface area contributed by atoms with Crippen molar-refractivity contribution in [2.24, 2.45) is 0 Å². The summed E-state index contributed by atoms with van der Waals surface area (Å²) in [5.74, 6) is 0.739. The third kappa shape index (κ3) is 6.59. The molecule has 0 aliphatic carbocycles. The van der Waals surface area contributed by atoms with Crippen LogP contribution in [0.4, 0.5) is 11.4 Å². The van der Waals surface area contributed by atoms with Crippen LogP contribution in [0, 0.1) is 0 Å². The van der Waals surface area contributed by atoms with Crippen molar-refractivity contribution < 1.29 is 13.2 Å². The lowest BCUT2D eigenvalue weighted by atomic mass is 10.0. The number of fused-ring (bicyclic) bond motifs is 1. The number of rotatable bonds is 10. The number of aryl methyl sites for hydroxylation is 1. The van der Waals surface area contributed by atoms with Gasteiger partial charge in [-0.15, -0.1) is 6.58 Å². The van der Waals surface area contributed by atoms with Gasteiger partial charge in [0.25, 0.3) is 0 Å². The molecule has 1 aliphatic heterocycles. The van der Waals surface area contributed by atoms with Crippen molar-refractivity contribution in [3.05, 3.63) is 77.3 Å². The number of halogens is 1. The molecule has 3 rings (SSSR count). The summed E-state index contributed by atoms with van der Waals surface area (Å²) in [7, 11) is -1.68. The van der Waals surface area contributed by atoms with Gasteiger partial charge in [0.1, 0.15) is 12.4 Å². The lowest BCUT2D eigenvalue weighted by molar-refractivity contribution is 0.360. The van der Waals surface area contributed by atoms with Gasteiger partial charge in [0.15, 0.2) is 0 Å². The van der Waals surface area contributed by atoms with Crippen LogP contribution in [0.15, 0.2) is 71.7 Å². The Kier molecular flexibility index (Phi) is 8.17. The first-order valence-electron chi connectivity index (χ1n) is 10.2. The lowest BCUT2D eigenvalue weighted by Gasteiger charge is -2.30. The summed E-state index contributed by atoms with van der Waals surface area (Å²) in [6, 6.07) is 12.7. The molecule has 0 radical (unpaired) electrons. The largest absolute Gasteiger partial charge is 0.490 e. The van der Waals surface area contributed by atoms with Crippen LogP contribution in [-0.4, -0.2) is 46.6 Å². The van der Waals surface area contributed by atoms with Crippen molar-refractivity contribution in [3.63, 3.8) is 0 Å². The van der Waals surface area contributed by atoms with Crippen LogP contribution >= 0.6 is 15.9 Å². The molecule has 2 aromatic carbocycles. The van der Waals surface area contributed by atoms with E-state index in [0.29, 0.717) is 24.5 Å². The van der Waals surface area contributed by atoms with E-state index in [1.165, 1.54) is 4.31 Å². The molecule has 0 bridgehead atoms. The Hall–Kier alpha value is -2.29. The number of hydrogen-bond acceptors (Lipinski definition) is 4. The molecule has 0 aromatic heterocycles. The first-order valence-corrected chi connectivity index (χ1v) is 12.4. The molecule has 31 heavy (non-hydrogen) atoms. The van der Waals surface area contributed by atoms with Gasteiger partial charge in [-0.05, 0) is 67.9 Å². The van der Waals surface area contributed by atoms with Gasteiger partial charge in [-0.25, -0.2) is 0 Å². The molecule has 0 unspecified atom stereocenters. The Bertz CT molecular complexity index is 1020. The molecule has 0 spiro atoms. The molecule has 0 atom stereocenters. The van der Waals surface area contributed by atoms with Crippen LogP contribution in [0.25, 0.3) is 0 Å². The molecule has 0 saturated carbocycles. The predicted octanol–water partition coefficient (Wildman–Crippen LogP) is 4.61. The average molecular weight is 506 g/mol. The highest BCUT2D eigenvalue weighted by atomic mass is 79.9. The molecule has 1 N–H and O–H groups in total. The molecule has 1 heterocycles.